The third-order valence-electron chi connectivity index (χ3n) is 3.93. The fraction of sp³-hybridized carbons (Fsp3) is 0.533. The molecule has 2 rings (SSSR count). The molecule has 0 aromatic heterocycles. The molecule has 0 atom stereocenters. The van der Waals surface area contributed by atoms with Crippen LogP contribution in [-0.4, -0.2) is 28.3 Å². The highest BCUT2D eigenvalue weighted by Gasteiger charge is 2.35. The number of phenolic OH excluding ortho intramolecular Hbond substituents is 1. The lowest BCUT2D eigenvalue weighted by molar-refractivity contribution is 0.0835. The van der Waals surface area contributed by atoms with Crippen LogP contribution in [0.25, 0.3) is 0 Å². The molecular weight excluding hydrogens is 242 g/mol. The Kier molecular flexibility index (Phi) is 3.80. The Labute approximate surface area is 113 Å². The summed E-state index contributed by atoms with van der Waals surface area (Å²) >= 11 is 0. The number of aromatic hydroxyl groups is 1. The maximum atomic E-state index is 12.3. The Hall–Kier alpha value is -1.55. The van der Waals surface area contributed by atoms with Gasteiger partial charge in [-0.2, -0.15) is 0 Å². The second-order valence-corrected chi connectivity index (χ2v) is 5.58. The molecule has 0 unspecified atom stereocenters. The van der Waals surface area contributed by atoms with Crippen molar-refractivity contribution in [2.75, 3.05) is 6.61 Å². The van der Waals surface area contributed by atoms with Gasteiger partial charge in [0.1, 0.15) is 5.75 Å². The van der Waals surface area contributed by atoms with E-state index in [1.54, 1.807) is 13.0 Å². The fourth-order valence-electron chi connectivity index (χ4n) is 2.82. The third-order valence-corrected chi connectivity index (χ3v) is 3.93. The zero-order valence-corrected chi connectivity index (χ0v) is 11.5. The van der Waals surface area contributed by atoms with E-state index in [1.165, 1.54) is 0 Å². The van der Waals surface area contributed by atoms with E-state index in [1.807, 2.05) is 13.0 Å². The Morgan fingerprint density at radius 1 is 1.32 bits per heavy atom. The number of aryl methyl sites for hydroxylation is 2. The molecule has 0 bridgehead atoms. The first-order valence-electron chi connectivity index (χ1n) is 6.71. The number of benzene rings is 1. The van der Waals surface area contributed by atoms with Crippen molar-refractivity contribution in [2.24, 2.45) is 0 Å². The van der Waals surface area contributed by atoms with Crippen LogP contribution in [0.3, 0.4) is 0 Å². The average molecular weight is 263 g/mol. The van der Waals surface area contributed by atoms with Crippen molar-refractivity contribution in [1.82, 2.24) is 5.32 Å². The SMILES string of the molecule is Cc1cc(C)c(O)c(C(=O)NC2(CO)CCCC2)c1. The third kappa shape index (κ3) is 2.73. The predicted molar refractivity (Wildman–Crippen MR) is 73.3 cm³/mol. The van der Waals surface area contributed by atoms with Gasteiger partial charge in [0, 0.05) is 0 Å². The van der Waals surface area contributed by atoms with Crippen LogP contribution in [0.15, 0.2) is 12.1 Å². The van der Waals surface area contributed by atoms with Crippen molar-refractivity contribution < 1.29 is 15.0 Å². The maximum absolute atomic E-state index is 12.3. The summed E-state index contributed by atoms with van der Waals surface area (Å²) in [5.41, 5.74) is 1.40. The Bertz CT molecular complexity index is 490. The van der Waals surface area contributed by atoms with E-state index in [-0.39, 0.29) is 23.8 Å². The standard InChI is InChI=1S/C15H21NO3/c1-10-7-11(2)13(18)12(8-10)14(19)16-15(9-17)5-3-4-6-15/h7-8,17-18H,3-6,9H2,1-2H3,(H,16,19). The molecular formula is C15H21NO3. The normalized spacial score (nSPS) is 17.4. The summed E-state index contributed by atoms with van der Waals surface area (Å²) in [5.74, 6) is -0.283. The zero-order valence-electron chi connectivity index (χ0n) is 11.5. The van der Waals surface area contributed by atoms with Gasteiger partial charge in [0.05, 0.1) is 17.7 Å². The van der Waals surface area contributed by atoms with Crippen LogP contribution >= 0.6 is 0 Å². The Morgan fingerprint density at radius 2 is 1.95 bits per heavy atom. The molecule has 4 heteroatoms. The number of rotatable bonds is 3. The molecule has 19 heavy (non-hydrogen) atoms. The van der Waals surface area contributed by atoms with E-state index in [4.69, 9.17) is 0 Å². The summed E-state index contributed by atoms with van der Waals surface area (Å²) in [6.07, 6.45) is 3.61. The second-order valence-electron chi connectivity index (χ2n) is 5.58. The quantitative estimate of drug-likeness (QED) is 0.781. The lowest BCUT2D eigenvalue weighted by Crippen LogP contribution is -2.49. The number of aliphatic hydroxyl groups is 1. The number of hydrogen-bond acceptors (Lipinski definition) is 3. The molecule has 0 radical (unpaired) electrons. The van der Waals surface area contributed by atoms with Gasteiger partial charge in [-0.05, 0) is 43.9 Å². The van der Waals surface area contributed by atoms with E-state index < -0.39 is 5.54 Å². The minimum Gasteiger partial charge on any atom is -0.507 e. The van der Waals surface area contributed by atoms with Crippen molar-refractivity contribution >= 4 is 5.91 Å². The predicted octanol–water partition coefficient (Wildman–Crippen LogP) is 2.04. The fourth-order valence-corrected chi connectivity index (χ4v) is 2.82. The van der Waals surface area contributed by atoms with Crippen molar-refractivity contribution in [3.05, 3.63) is 28.8 Å². The first-order chi connectivity index (χ1) is 8.97. The van der Waals surface area contributed by atoms with Gasteiger partial charge in [0.25, 0.3) is 5.91 Å². The molecule has 1 aliphatic rings. The number of carbonyl (C=O) groups is 1. The van der Waals surface area contributed by atoms with Gasteiger partial charge in [0.2, 0.25) is 0 Å². The van der Waals surface area contributed by atoms with E-state index in [0.29, 0.717) is 5.56 Å². The maximum Gasteiger partial charge on any atom is 0.255 e. The second kappa shape index (κ2) is 5.21. The monoisotopic (exact) mass is 263 g/mol. The highest BCUT2D eigenvalue weighted by atomic mass is 16.3. The van der Waals surface area contributed by atoms with Crippen molar-refractivity contribution in [3.63, 3.8) is 0 Å². The van der Waals surface area contributed by atoms with Crippen molar-refractivity contribution in [3.8, 4) is 5.75 Å². The van der Waals surface area contributed by atoms with Crippen LogP contribution in [-0.2, 0) is 0 Å². The largest absolute Gasteiger partial charge is 0.507 e. The number of aliphatic hydroxyl groups excluding tert-OH is 1. The topological polar surface area (TPSA) is 69.6 Å². The number of nitrogens with one attached hydrogen (secondary N) is 1. The van der Waals surface area contributed by atoms with Gasteiger partial charge in [-0.15, -0.1) is 0 Å². The highest BCUT2D eigenvalue weighted by Crippen LogP contribution is 2.31. The zero-order chi connectivity index (χ0) is 14.0. The van der Waals surface area contributed by atoms with Gasteiger partial charge < -0.3 is 15.5 Å². The van der Waals surface area contributed by atoms with Crippen LogP contribution < -0.4 is 5.32 Å². The summed E-state index contributed by atoms with van der Waals surface area (Å²) in [5, 5.41) is 22.4. The number of carbonyl (C=O) groups excluding carboxylic acids is 1. The van der Waals surface area contributed by atoms with E-state index in [0.717, 1.165) is 31.2 Å². The Morgan fingerprint density at radius 3 is 2.53 bits per heavy atom. The van der Waals surface area contributed by atoms with E-state index in [2.05, 4.69) is 5.32 Å². The molecule has 0 saturated heterocycles. The van der Waals surface area contributed by atoms with Crippen LogP contribution in [0.2, 0.25) is 0 Å². The first-order valence-corrected chi connectivity index (χ1v) is 6.71. The van der Waals surface area contributed by atoms with Gasteiger partial charge in [-0.1, -0.05) is 18.9 Å². The van der Waals surface area contributed by atoms with Crippen LogP contribution in [0.5, 0.6) is 5.75 Å². The van der Waals surface area contributed by atoms with E-state index in [9.17, 15) is 15.0 Å². The Balaban J connectivity index is 2.25. The summed E-state index contributed by atoms with van der Waals surface area (Å²) in [4.78, 5) is 12.3. The van der Waals surface area contributed by atoms with Crippen molar-refractivity contribution in [2.45, 2.75) is 45.1 Å². The minimum absolute atomic E-state index is 0.0224. The molecule has 104 valence electrons. The highest BCUT2D eigenvalue weighted by molar-refractivity contribution is 5.98. The molecule has 3 N–H and O–H groups in total. The molecule has 0 aliphatic heterocycles. The van der Waals surface area contributed by atoms with Gasteiger partial charge in [0.15, 0.2) is 0 Å². The summed E-state index contributed by atoms with van der Waals surface area (Å²) < 4.78 is 0. The van der Waals surface area contributed by atoms with E-state index >= 15 is 0 Å². The minimum atomic E-state index is -0.513. The molecule has 1 saturated carbocycles. The molecule has 0 heterocycles. The summed E-state index contributed by atoms with van der Waals surface area (Å²) in [6, 6.07) is 3.52. The number of hydrogen-bond donors (Lipinski definition) is 3. The molecule has 1 fully saturated rings. The van der Waals surface area contributed by atoms with Crippen molar-refractivity contribution in [1.29, 1.82) is 0 Å². The smallest absolute Gasteiger partial charge is 0.255 e. The lowest BCUT2D eigenvalue weighted by Gasteiger charge is -2.28. The van der Waals surface area contributed by atoms with Crippen LogP contribution in [0, 0.1) is 13.8 Å². The number of amides is 1. The average Bonchev–Trinajstić information content (AvgIpc) is 2.82. The molecule has 1 aromatic carbocycles. The van der Waals surface area contributed by atoms with Gasteiger partial charge in [-0.3, -0.25) is 4.79 Å². The summed E-state index contributed by atoms with van der Waals surface area (Å²) in [7, 11) is 0. The summed E-state index contributed by atoms with van der Waals surface area (Å²) in [6.45, 7) is 3.61. The van der Waals surface area contributed by atoms with Gasteiger partial charge in [-0.25, -0.2) is 0 Å². The first kappa shape index (κ1) is 13.9. The molecule has 1 aromatic rings. The lowest BCUT2D eigenvalue weighted by atomic mass is 9.97. The van der Waals surface area contributed by atoms with Gasteiger partial charge >= 0.3 is 0 Å². The van der Waals surface area contributed by atoms with Crippen LogP contribution in [0.4, 0.5) is 0 Å². The number of phenols is 1. The molecule has 1 amide bonds. The molecule has 0 spiro atoms. The van der Waals surface area contributed by atoms with Crippen LogP contribution in [0.1, 0.15) is 47.2 Å². The molecule has 4 nitrogen and oxygen atoms in total. The molecule has 1 aliphatic carbocycles.